The number of methoxy groups -OCH3 is 1. The highest BCUT2D eigenvalue weighted by atomic mass is 28.4. The first kappa shape index (κ1) is 16.4. The van der Waals surface area contributed by atoms with Crippen molar-refractivity contribution in [1.82, 2.24) is 0 Å². The van der Waals surface area contributed by atoms with Crippen molar-refractivity contribution in [1.29, 1.82) is 0 Å². The molecule has 0 aliphatic carbocycles. The summed E-state index contributed by atoms with van der Waals surface area (Å²) in [4.78, 5) is 0. The number of hydrogen-bond acceptors (Lipinski definition) is 4. The van der Waals surface area contributed by atoms with Crippen LogP contribution < -0.4 is 4.74 Å². The van der Waals surface area contributed by atoms with Crippen molar-refractivity contribution in [2.24, 2.45) is 0 Å². The lowest BCUT2D eigenvalue weighted by Gasteiger charge is -2.21. The van der Waals surface area contributed by atoms with Crippen molar-refractivity contribution in [2.45, 2.75) is 19.4 Å². The smallest absolute Gasteiger partial charge is 0.496 e. The Hall–Kier alpha value is -2.68. The fraction of sp³-hybridized carbons (Fsp3) is 0.250. The number of rotatable bonds is 7. The predicted octanol–water partition coefficient (Wildman–Crippen LogP) is 2.31. The van der Waals surface area contributed by atoms with Crippen LogP contribution in [-0.2, 0) is 19.7 Å². The Morgan fingerprint density at radius 1 is 1.05 bits per heavy atom. The Morgan fingerprint density at radius 2 is 1.62 bits per heavy atom. The summed E-state index contributed by atoms with van der Waals surface area (Å²) in [5.41, 5.74) is 1.99. The predicted molar refractivity (Wildman–Crippen MR) is 81.8 cm³/mol. The van der Waals surface area contributed by atoms with E-state index in [4.69, 9.17) is 37.3 Å². The average molecular weight is 300 g/mol. The second kappa shape index (κ2) is 7.80. The molecule has 0 aromatic heterocycles. The van der Waals surface area contributed by atoms with E-state index < -0.39 is 8.80 Å². The molecule has 21 heavy (non-hydrogen) atoms. The highest BCUT2D eigenvalue weighted by Crippen LogP contribution is 2.27. The Bertz CT molecular complexity index is 563. The summed E-state index contributed by atoms with van der Waals surface area (Å²) in [5.74, 6) is 0.794. The molecule has 1 aromatic rings. The van der Waals surface area contributed by atoms with Crippen molar-refractivity contribution in [3.05, 3.63) is 29.3 Å². The normalized spacial score (nSPS) is 9.67. The number of hydrogen-bond donors (Lipinski definition) is 0. The van der Waals surface area contributed by atoms with Crippen LogP contribution >= 0.6 is 0 Å². The zero-order valence-electron chi connectivity index (χ0n) is 12.0. The third-order valence-corrected chi connectivity index (χ3v) is 4.99. The van der Waals surface area contributed by atoms with Crippen molar-refractivity contribution in [3.63, 3.8) is 0 Å². The van der Waals surface area contributed by atoms with Crippen LogP contribution in [0, 0.1) is 44.5 Å². The van der Waals surface area contributed by atoms with Gasteiger partial charge in [-0.05, 0) is 24.5 Å². The molecule has 0 radical (unpaired) electrons. The van der Waals surface area contributed by atoms with Crippen LogP contribution in [0.25, 0.3) is 0 Å². The van der Waals surface area contributed by atoms with Gasteiger partial charge in [0, 0.05) is 0 Å². The van der Waals surface area contributed by atoms with Gasteiger partial charge in [-0.3, -0.25) is 0 Å². The molecule has 1 rings (SSSR count). The van der Waals surface area contributed by atoms with E-state index in [1.54, 1.807) is 7.11 Å². The van der Waals surface area contributed by atoms with Gasteiger partial charge in [-0.15, -0.1) is 0 Å². The minimum Gasteiger partial charge on any atom is -0.496 e. The van der Waals surface area contributed by atoms with Crippen LogP contribution in [0.1, 0.15) is 11.1 Å². The highest BCUT2D eigenvalue weighted by Gasteiger charge is 2.48. The van der Waals surface area contributed by atoms with Gasteiger partial charge in [0.1, 0.15) is 5.75 Å². The zero-order chi connectivity index (χ0) is 15.7. The van der Waals surface area contributed by atoms with Crippen LogP contribution in [0.4, 0.5) is 0 Å². The molecule has 0 N–H and O–H groups in total. The Balaban J connectivity index is 2.97. The fourth-order valence-corrected chi connectivity index (χ4v) is 3.52. The number of ether oxygens (including phenoxy) is 1. The number of aryl methyl sites for hydroxylation is 2. The first-order valence-corrected chi connectivity index (χ1v) is 8.09. The van der Waals surface area contributed by atoms with E-state index in [0.29, 0.717) is 12.5 Å². The van der Waals surface area contributed by atoms with Crippen LogP contribution in [0.15, 0.2) is 18.2 Å². The van der Waals surface area contributed by atoms with E-state index in [9.17, 15) is 0 Å². The molecule has 0 aliphatic rings. The molecular formula is C16H16O4Si. The van der Waals surface area contributed by atoms with Gasteiger partial charge in [-0.2, -0.15) is 0 Å². The molecule has 0 unspecified atom stereocenters. The van der Waals surface area contributed by atoms with E-state index in [1.165, 1.54) is 0 Å². The average Bonchev–Trinajstić information content (AvgIpc) is 2.46. The van der Waals surface area contributed by atoms with Gasteiger partial charge in [-0.1, -0.05) is 37.5 Å². The van der Waals surface area contributed by atoms with Gasteiger partial charge in [0.25, 0.3) is 0 Å². The maximum absolute atomic E-state index is 5.39. The molecule has 5 heteroatoms. The van der Waals surface area contributed by atoms with Gasteiger partial charge < -0.3 is 18.0 Å². The van der Waals surface area contributed by atoms with Crippen molar-refractivity contribution in [2.75, 3.05) is 7.11 Å². The first-order valence-electron chi connectivity index (χ1n) is 6.15. The largest absolute Gasteiger partial charge is 0.725 e. The summed E-state index contributed by atoms with van der Waals surface area (Å²) < 4.78 is 20.8. The molecule has 108 valence electrons. The summed E-state index contributed by atoms with van der Waals surface area (Å²) in [7, 11) is -1.68. The van der Waals surface area contributed by atoms with Crippen molar-refractivity contribution in [3.8, 4) is 43.3 Å². The van der Waals surface area contributed by atoms with E-state index >= 15 is 0 Å². The molecule has 0 heterocycles. The second-order valence-corrected chi connectivity index (χ2v) is 6.59. The molecule has 0 fully saturated rings. The molecule has 0 spiro atoms. The summed E-state index contributed by atoms with van der Waals surface area (Å²) in [5, 5.41) is 0. The van der Waals surface area contributed by atoms with Gasteiger partial charge in [0.15, 0.2) is 0 Å². The molecule has 1 aromatic carbocycles. The second-order valence-electron chi connectivity index (χ2n) is 4.11. The van der Waals surface area contributed by atoms with E-state index in [1.807, 2.05) is 43.4 Å². The molecule has 0 saturated heterocycles. The molecule has 4 nitrogen and oxygen atoms in total. The maximum atomic E-state index is 5.39. The van der Waals surface area contributed by atoms with Crippen LogP contribution in [0.5, 0.6) is 5.75 Å². The zero-order valence-corrected chi connectivity index (χ0v) is 13.0. The molecular weight excluding hydrogens is 284 g/mol. The number of para-hydroxylation sites is 1. The standard InChI is InChI=1S/C16H16O4Si/c1-6-18-21(19-7-2,20-8-3)13-12-15-11-9-10-14(4)16(15)17-5/h1-3,9-11H,12-13H2,4-5H3. The number of benzene rings is 1. The van der Waals surface area contributed by atoms with Crippen molar-refractivity contribution >= 4 is 8.80 Å². The van der Waals surface area contributed by atoms with E-state index in [2.05, 4.69) is 0 Å². The molecule has 0 bridgehead atoms. The summed E-state index contributed by atoms with van der Waals surface area (Å²) in [6, 6.07) is 6.17. The molecule has 0 aliphatic heterocycles. The quantitative estimate of drug-likeness (QED) is 0.572. The van der Waals surface area contributed by atoms with Gasteiger partial charge >= 0.3 is 8.80 Å². The minimum atomic E-state index is -3.30. The highest BCUT2D eigenvalue weighted by molar-refractivity contribution is 6.61. The summed E-state index contributed by atoms with van der Waals surface area (Å²) in [6.45, 7) is 1.96. The SMILES string of the molecule is C#CO[Si](CCc1cccc(C)c1OC)(OC#C)OC#C. The number of terminal acetylenes is 3. The lowest BCUT2D eigenvalue weighted by atomic mass is 10.1. The lowest BCUT2D eigenvalue weighted by molar-refractivity contribution is 0.212. The van der Waals surface area contributed by atoms with E-state index in [0.717, 1.165) is 16.9 Å². The fourth-order valence-electron chi connectivity index (χ4n) is 1.97. The summed E-state index contributed by atoms with van der Waals surface area (Å²) >= 11 is 0. The minimum absolute atomic E-state index is 0.339. The van der Waals surface area contributed by atoms with Crippen molar-refractivity contribution < 1.29 is 18.0 Å². The molecule has 0 saturated carbocycles. The topological polar surface area (TPSA) is 36.9 Å². The monoisotopic (exact) mass is 300 g/mol. The first-order chi connectivity index (χ1) is 10.1. The van der Waals surface area contributed by atoms with Crippen LogP contribution in [0.3, 0.4) is 0 Å². The Labute approximate surface area is 126 Å². The Kier molecular flexibility index (Phi) is 6.08. The third kappa shape index (κ3) is 4.14. The summed E-state index contributed by atoms with van der Waals surface area (Å²) in [6.07, 6.45) is 22.2. The van der Waals surface area contributed by atoms with Gasteiger partial charge in [0.05, 0.1) is 31.5 Å². The van der Waals surface area contributed by atoms with Crippen LogP contribution in [0.2, 0.25) is 6.04 Å². The maximum Gasteiger partial charge on any atom is 0.725 e. The van der Waals surface area contributed by atoms with Crippen LogP contribution in [-0.4, -0.2) is 15.9 Å². The molecule has 0 atom stereocenters. The van der Waals surface area contributed by atoms with Gasteiger partial charge in [0.2, 0.25) is 0 Å². The lowest BCUT2D eigenvalue weighted by Crippen LogP contribution is -2.42. The third-order valence-electron chi connectivity index (χ3n) is 2.84. The van der Waals surface area contributed by atoms with E-state index in [-0.39, 0.29) is 0 Å². The Morgan fingerprint density at radius 3 is 2.10 bits per heavy atom. The molecule has 0 amide bonds. The van der Waals surface area contributed by atoms with Gasteiger partial charge in [-0.25, -0.2) is 0 Å².